The zero-order valence-corrected chi connectivity index (χ0v) is 10.0. The SMILES string of the molecule is Cc1nn(C(C)Cc2ccco2)c(N)c1Cl. The molecular formula is C11H14ClN3O. The molecule has 0 aromatic carbocycles. The van der Waals surface area contributed by atoms with Gasteiger partial charge in [-0.1, -0.05) is 11.6 Å². The number of furan rings is 1. The Hall–Kier alpha value is -1.42. The van der Waals surface area contributed by atoms with Crippen molar-refractivity contribution < 1.29 is 4.42 Å². The molecule has 0 fully saturated rings. The zero-order valence-electron chi connectivity index (χ0n) is 9.27. The number of rotatable bonds is 3. The highest BCUT2D eigenvalue weighted by Crippen LogP contribution is 2.26. The molecule has 0 aliphatic rings. The fourth-order valence-corrected chi connectivity index (χ4v) is 1.81. The Labute approximate surface area is 99.0 Å². The van der Waals surface area contributed by atoms with Gasteiger partial charge in [0.05, 0.1) is 18.0 Å². The lowest BCUT2D eigenvalue weighted by Gasteiger charge is -2.12. The van der Waals surface area contributed by atoms with E-state index in [0.717, 1.165) is 17.9 Å². The van der Waals surface area contributed by atoms with Crippen molar-refractivity contribution in [1.82, 2.24) is 9.78 Å². The third-order valence-corrected chi connectivity index (χ3v) is 3.01. The van der Waals surface area contributed by atoms with Crippen LogP contribution in [-0.2, 0) is 6.42 Å². The summed E-state index contributed by atoms with van der Waals surface area (Å²) in [7, 11) is 0. The Morgan fingerprint density at radius 1 is 1.62 bits per heavy atom. The summed E-state index contributed by atoms with van der Waals surface area (Å²) in [5.74, 6) is 1.43. The molecule has 4 nitrogen and oxygen atoms in total. The zero-order chi connectivity index (χ0) is 11.7. The molecule has 5 heteroatoms. The van der Waals surface area contributed by atoms with Crippen molar-refractivity contribution in [3.63, 3.8) is 0 Å². The van der Waals surface area contributed by atoms with E-state index in [2.05, 4.69) is 5.10 Å². The van der Waals surface area contributed by atoms with Crippen LogP contribution in [-0.4, -0.2) is 9.78 Å². The molecule has 16 heavy (non-hydrogen) atoms. The standard InChI is InChI=1S/C11H14ClN3O/c1-7(6-9-4-3-5-16-9)15-11(13)10(12)8(2)14-15/h3-5,7H,6,13H2,1-2H3. The minimum absolute atomic E-state index is 0.123. The van der Waals surface area contributed by atoms with Gasteiger partial charge in [-0.2, -0.15) is 5.10 Å². The summed E-state index contributed by atoms with van der Waals surface area (Å²) in [6.07, 6.45) is 2.40. The summed E-state index contributed by atoms with van der Waals surface area (Å²) in [4.78, 5) is 0. The normalized spacial score (nSPS) is 12.9. The maximum Gasteiger partial charge on any atom is 0.141 e. The summed E-state index contributed by atoms with van der Waals surface area (Å²) in [6.45, 7) is 3.87. The van der Waals surface area contributed by atoms with E-state index in [0.29, 0.717) is 10.8 Å². The van der Waals surface area contributed by atoms with Gasteiger partial charge in [-0.3, -0.25) is 0 Å². The second-order valence-electron chi connectivity index (χ2n) is 3.86. The van der Waals surface area contributed by atoms with E-state index in [1.807, 2.05) is 26.0 Å². The average Bonchev–Trinajstić information content (AvgIpc) is 2.83. The van der Waals surface area contributed by atoms with Crippen LogP contribution in [0.2, 0.25) is 5.02 Å². The van der Waals surface area contributed by atoms with Gasteiger partial charge in [0, 0.05) is 6.42 Å². The van der Waals surface area contributed by atoms with Crippen LogP contribution in [0.3, 0.4) is 0 Å². The highest BCUT2D eigenvalue weighted by Gasteiger charge is 2.16. The second-order valence-corrected chi connectivity index (χ2v) is 4.24. The van der Waals surface area contributed by atoms with Gasteiger partial charge in [0.15, 0.2) is 0 Å². The average molecular weight is 240 g/mol. The van der Waals surface area contributed by atoms with Gasteiger partial charge < -0.3 is 10.2 Å². The van der Waals surface area contributed by atoms with Crippen molar-refractivity contribution in [1.29, 1.82) is 0 Å². The predicted octanol–water partition coefficient (Wildman–Crippen LogP) is 2.82. The van der Waals surface area contributed by atoms with Crippen LogP contribution in [0.25, 0.3) is 0 Å². The molecule has 2 heterocycles. The van der Waals surface area contributed by atoms with E-state index in [9.17, 15) is 0 Å². The molecule has 0 spiro atoms. The first-order valence-corrected chi connectivity index (χ1v) is 5.50. The summed E-state index contributed by atoms with van der Waals surface area (Å²) in [5, 5.41) is 4.84. The molecule has 2 aromatic heterocycles. The molecule has 2 rings (SSSR count). The van der Waals surface area contributed by atoms with Crippen molar-refractivity contribution in [2.24, 2.45) is 0 Å². The lowest BCUT2D eigenvalue weighted by molar-refractivity contribution is 0.428. The van der Waals surface area contributed by atoms with Gasteiger partial charge in [0.1, 0.15) is 16.6 Å². The number of nitrogen functional groups attached to an aromatic ring is 1. The maximum absolute atomic E-state index is 5.99. The Morgan fingerprint density at radius 2 is 2.38 bits per heavy atom. The highest BCUT2D eigenvalue weighted by molar-refractivity contribution is 6.33. The molecule has 1 atom stereocenters. The van der Waals surface area contributed by atoms with Crippen LogP contribution in [0.15, 0.2) is 22.8 Å². The third kappa shape index (κ3) is 1.93. The largest absolute Gasteiger partial charge is 0.469 e. The van der Waals surface area contributed by atoms with Gasteiger partial charge >= 0.3 is 0 Å². The Balaban J connectivity index is 2.21. The molecule has 2 aromatic rings. The summed E-state index contributed by atoms with van der Waals surface area (Å²) in [6, 6.07) is 3.93. The van der Waals surface area contributed by atoms with Crippen molar-refractivity contribution in [3.8, 4) is 0 Å². The van der Waals surface area contributed by atoms with Gasteiger partial charge in [-0.25, -0.2) is 4.68 Å². The van der Waals surface area contributed by atoms with E-state index in [1.54, 1.807) is 10.9 Å². The number of aryl methyl sites for hydroxylation is 1. The molecule has 1 unspecified atom stereocenters. The van der Waals surface area contributed by atoms with Crippen LogP contribution < -0.4 is 5.73 Å². The van der Waals surface area contributed by atoms with Crippen molar-refractivity contribution in [3.05, 3.63) is 34.9 Å². The van der Waals surface area contributed by atoms with Crippen molar-refractivity contribution >= 4 is 17.4 Å². The lowest BCUT2D eigenvalue weighted by Crippen LogP contribution is -2.12. The van der Waals surface area contributed by atoms with Crippen LogP contribution in [0.4, 0.5) is 5.82 Å². The van der Waals surface area contributed by atoms with Crippen LogP contribution in [0.5, 0.6) is 0 Å². The molecule has 0 aliphatic carbocycles. The molecule has 86 valence electrons. The quantitative estimate of drug-likeness (QED) is 0.896. The fraction of sp³-hybridized carbons (Fsp3) is 0.364. The third-order valence-electron chi connectivity index (χ3n) is 2.54. The molecule has 0 bridgehead atoms. The number of aromatic nitrogens is 2. The second kappa shape index (κ2) is 4.22. The number of hydrogen-bond acceptors (Lipinski definition) is 3. The van der Waals surface area contributed by atoms with Crippen LogP contribution in [0, 0.1) is 6.92 Å². The molecule has 0 saturated heterocycles. The van der Waals surface area contributed by atoms with Gasteiger partial charge in [0.2, 0.25) is 0 Å². The molecule has 0 aliphatic heterocycles. The lowest BCUT2D eigenvalue weighted by atomic mass is 10.2. The van der Waals surface area contributed by atoms with E-state index >= 15 is 0 Å². The van der Waals surface area contributed by atoms with Crippen molar-refractivity contribution in [2.75, 3.05) is 5.73 Å². The van der Waals surface area contributed by atoms with Gasteiger partial charge in [-0.05, 0) is 26.0 Å². The molecule has 0 amide bonds. The van der Waals surface area contributed by atoms with E-state index in [4.69, 9.17) is 21.8 Å². The fourth-order valence-electron chi connectivity index (χ4n) is 1.69. The molecule has 0 saturated carbocycles. The number of nitrogens with two attached hydrogens (primary N) is 1. The Kier molecular flexibility index (Phi) is 2.92. The van der Waals surface area contributed by atoms with Gasteiger partial charge in [0.25, 0.3) is 0 Å². The first-order chi connectivity index (χ1) is 7.59. The van der Waals surface area contributed by atoms with E-state index in [-0.39, 0.29) is 6.04 Å². The van der Waals surface area contributed by atoms with Crippen LogP contribution >= 0.6 is 11.6 Å². The Morgan fingerprint density at radius 3 is 2.88 bits per heavy atom. The van der Waals surface area contributed by atoms with Crippen LogP contribution in [0.1, 0.15) is 24.4 Å². The molecular weight excluding hydrogens is 226 g/mol. The Bertz CT molecular complexity index is 476. The smallest absolute Gasteiger partial charge is 0.141 e. The first kappa shape index (κ1) is 11.1. The van der Waals surface area contributed by atoms with E-state index in [1.165, 1.54) is 0 Å². The van der Waals surface area contributed by atoms with Crippen molar-refractivity contribution in [2.45, 2.75) is 26.3 Å². The number of hydrogen-bond donors (Lipinski definition) is 1. The molecule has 2 N–H and O–H groups in total. The number of nitrogens with zero attached hydrogens (tertiary/aromatic N) is 2. The van der Waals surface area contributed by atoms with Gasteiger partial charge in [-0.15, -0.1) is 0 Å². The predicted molar refractivity (Wildman–Crippen MR) is 63.5 cm³/mol. The monoisotopic (exact) mass is 239 g/mol. The minimum atomic E-state index is 0.123. The molecule has 0 radical (unpaired) electrons. The maximum atomic E-state index is 5.99. The topological polar surface area (TPSA) is 57.0 Å². The number of halogens is 1. The summed E-state index contributed by atoms with van der Waals surface area (Å²) in [5.41, 5.74) is 6.63. The summed E-state index contributed by atoms with van der Waals surface area (Å²) >= 11 is 5.99. The van der Waals surface area contributed by atoms with E-state index < -0.39 is 0 Å². The highest BCUT2D eigenvalue weighted by atomic mass is 35.5. The first-order valence-electron chi connectivity index (χ1n) is 5.12. The minimum Gasteiger partial charge on any atom is -0.469 e. The number of anilines is 1. The summed E-state index contributed by atoms with van der Waals surface area (Å²) < 4.78 is 7.02.